The van der Waals surface area contributed by atoms with Gasteiger partial charge in [-0.2, -0.15) is 0 Å². The van der Waals surface area contributed by atoms with Crippen LogP contribution in [0.1, 0.15) is 17.0 Å². The van der Waals surface area contributed by atoms with Crippen LogP contribution in [0.2, 0.25) is 0 Å². The number of benzene rings is 1. The molecule has 0 aliphatic rings. The van der Waals surface area contributed by atoms with Crippen molar-refractivity contribution in [2.75, 3.05) is 7.11 Å². The molecule has 0 spiro atoms. The highest BCUT2D eigenvalue weighted by atomic mass is 16.5. The maximum atomic E-state index is 9.21. The largest absolute Gasteiger partial charge is 0.497 e. The minimum atomic E-state index is -0.0904. The van der Waals surface area contributed by atoms with Gasteiger partial charge in [-0.15, -0.1) is 5.10 Å². The molecular weight excluding hydrogens is 292 g/mol. The van der Waals surface area contributed by atoms with Crippen LogP contribution in [0.15, 0.2) is 42.6 Å². The summed E-state index contributed by atoms with van der Waals surface area (Å²) in [5.74, 6) is 0.832. The van der Waals surface area contributed by atoms with E-state index in [4.69, 9.17) is 4.74 Å². The predicted octanol–water partition coefficient (Wildman–Crippen LogP) is 2.20. The average Bonchev–Trinajstić information content (AvgIpc) is 2.96. The SMILES string of the molecule is COc1ccc(Cn2nnc(-c3ccnc(CO)c3)c2C)cc1. The molecule has 2 heterocycles. The lowest BCUT2D eigenvalue weighted by Crippen LogP contribution is -2.04. The van der Waals surface area contributed by atoms with Crippen LogP contribution in [0.25, 0.3) is 11.3 Å². The number of aliphatic hydroxyl groups is 1. The number of aromatic nitrogens is 4. The number of hydrogen-bond acceptors (Lipinski definition) is 5. The summed E-state index contributed by atoms with van der Waals surface area (Å²) in [7, 11) is 1.65. The van der Waals surface area contributed by atoms with Crippen LogP contribution in [-0.2, 0) is 13.2 Å². The van der Waals surface area contributed by atoms with Gasteiger partial charge in [0.1, 0.15) is 11.4 Å². The summed E-state index contributed by atoms with van der Waals surface area (Å²) >= 11 is 0. The van der Waals surface area contributed by atoms with Gasteiger partial charge >= 0.3 is 0 Å². The van der Waals surface area contributed by atoms with E-state index >= 15 is 0 Å². The molecule has 1 N–H and O–H groups in total. The zero-order valence-corrected chi connectivity index (χ0v) is 13.1. The second-order valence-electron chi connectivity index (χ2n) is 5.22. The van der Waals surface area contributed by atoms with Crippen LogP contribution in [0, 0.1) is 6.92 Å². The van der Waals surface area contributed by atoms with Crippen molar-refractivity contribution < 1.29 is 9.84 Å². The van der Waals surface area contributed by atoms with Gasteiger partial charge in [0, 0.05) is 11.8 Å². The van der Waals surface area contributed by atoms with Gasteiger partial charge in [0.05, 0.1) is 31.6 Å². The van der Waals surface area contributed by atoms with E-state index in [1.54, 1.807) is 13.3 Å². The first-order valence-corrected chi connectivity index (χ1v) is 7.30. The van der Waals surface area contributed by atoms with Crippen molar-refractivity contribution in [1.82, 2.24) is 20.0 Å². The van der Waals surface area contributed by atoms with Gasteiger partial charge in [0.15, 0.2) is 0 Å². The van der Waals surface area contributed by atoms with Crippen LogP contribution in [-0.4, -0.2) is 32.2 Å². The Labute approximate surface area is 134 Å². The van der Waals surface area contributed by atoms with Crippen molar-refractivity contribution in [3.05, 3.63) is 59.5 Å². The molecule has 6 heteroatoms. The first kappa shape index (κ1) is 15.2. The molecule has 6 nitrogen and oxygen atoms in total. The normalized spacial score (nSPS) is 10.7. The number of rotatable bonds is 5. The molecule has 0 unspecified atom stereocenters. The third-order valence-corrected chi connectivity index (χ3v) is 3.73. The Bertz CT molecular complexity index is 797. The third kappa shape index (κ3) is 3.22. The molecule has 23 heavy (non-hydrogen) atoms. The maximum Gasteiger partial charge on any atom is 0.118 e. The standard InChI is InChI=1S/C17H18N4O2/c1-12-17(14-7-8-18-15(9-14)11-22)19-20-21(12)10-13-3-5-16(23-2)6-4-13/h3-9,22H,10-11H2,1-2H3. The summed E-state index contributed by atoms with van der Waals surface area (Å²) in [6, 6.07) is 11.6. The van der Waals surface area contributed by atoms with Crippen LogP contribution in [0.3, 0.4) is 0 Å². The van der Waals surface area contributed by atoms with Crippen molar-refractivity contribution >= 4 is 0 Å². The van der Waals surface area contributed by atoms with E-state index in [0.29, 0.717) is 12.2 Å². The fraction of sp³-hybridized carbons (Fsp3) is 0.235. The second-order valence-corrected chi connectivity index (χ2v) is 5.22. The lowest BCUT2D eigenvalue weighted by molar-refractivity contribution is 0.277. The van der Waals surface area contributed by atoms with Gasteiger partial charge in [0.2, 0.25) is 0 Å². The summed E-state index contributed by atoms with van der Waals surface area (Å²) in [5.41, 5.74) is 4.41. The lowest BCUT2D eigenvalue weighted by atomic mass is 10.1. The molecule has 0 aliphatic heterocycles. The van der Waals surface area contributed by atoms with Gasteiger partial charge in [-0.25, -0.2) is 4.68 Å². The molecule has 0 amide bonds. The molecule has 0 fully saturated rings. The van der Waals surface area contributed by atoms with Gasteiger partial charge in [-0.05, 0) is 36.8 Å². The Morgan fingerprint density at radius 3 is 2.65 bits per heavy atom. The lowest BCUT2D eigenvalue weighted by Gasteiger charge is -2.06. The molecule has 118 valence electrons. The molecule has 0 bridgehead atoms. The Hall–Kier alpha value is -2.73. The highest BCUT2D eigenvalue weighted by Gasteiger charge is 2.11. The Morgan fingerprint density at radius 2 is 1.96 bits per heavy atom. The third-order valence-electron chi connectivity index (χ3n) is 3.73. The van der Waals surface area contributed by atoms with Gasteiger partial charge in [0.25, 0.3) is 0 Å². The minimum Gasteiger partial charge on any atom is -0.497 e. The number of pyridine rings is 1. The Morgan fingerprint density at radius 1 is 1.17 bits per heavy atom. The number of ether oxygens (including phenoxy) is 1. The first-order chi connectivity index (χ1) is 11.2. The number of methoxy groups -OCH3 is 1. The van der Waals surface area contributed by atoms with Crippen molar-refractivity contribution in [3.8, 4) is 17.0 Å². The van der Waals surface area contributed by atoms with Crippen molar-refractivity contribution in [3.63, 3.8) is 0 Å². The van der Waals surface area contributed by atoms with Crippen LogP contribution < -0.4 is 4.74 Å². The number of hydrogen-bond donors (Lipinski definition) is 1. The quantitative estimate of drug-likeness (QED) is 0.782. The van der Waals surface area contributed by atoms with Crippen molar-refractivity contribution in [2.45, 2.75) is 20.1 Å². The van der Waals surface area contributed by atoms with Crippen LogP contribution >= 0.6 is 0 Å². The van der Waals surface area contributed by atoms with Crippen LogP contribution in [0.4, 0.5) is 0 Å². The predicted molar refractivity (Wildman–Crippen MR) is 86.0 cm³/mol. The van der Waals surface area contributed by atoms with Gasteiger partial charge in [-0.1, -0.05) is 17.3 Å². The van der Waals surface area contributed by atoms with Gasteiger partial charge in [-0.3, -0.25) is 4.98 Å². The molecule has 0 atom stereocenters. The fourth-order valence-electron chi connectivity index (χ4n) is 2.39. The fourth-order valence-corrected chi connectivity index (χ4v) is 2.39. The van der Waals surface area contributed by atoms with E-state index in [2.05, 4.69) is 15.3 Å². The van der Waals surface area contributed by atoms with E-state index in [-0.39, 0.29) is 6.61 Å². The Kier molecular flexibility index (Phi) is 4.34. The molecule has 0 radical (unpaired) electrons. The number of nitrogens with zero attached hydrogens (tertiary/aromatic N) is 4. The molecule has 0 aliphatic carbocycles. The first-order valence-electron chi connectivity index (χ1n) is 7.30. The second kappa shape index (κ2) is 6.58. The van der Waals surface area contributed by atoms with Crippen LogP contribution in [0.5, 0.6) is 5.75 Å². The average molecular weight is 310 g/mol. The molecule has 3 rings (SSSR count). The molecule has 1 aromatic carbocycles. The topological polar surface area (TPSA) is 73.1 Å². The maximum absolute atomic E-state index is 9.21. The molecule has 3 aromatic rings. The summed E-state index contributed by atoms with van der Waals surface area (Å²) in [6.45, 7) is 2.53. The Balaban J connectivity index is 1.86. The number of aliphatic hydroxyl groups excluding tert-OH is 1. The molecule has 0 saturated carbocycles. The summed E-state index contributed by atoms with van der Waals surface area (Å²) < 4.78 is 7.02. The highest BCUT2D eigenvalue weighted by molar-refractivity contribution is 5.61. The van der Waals surface area contributed by atoms with E-state index < -0.39 is 0 Å². The molecular formula is C17H18N4O2. The zero-order valence-electron chi connectivity index (χ0n) is 13.1. The smallest absolute Gasteiger partial charge is 0.118 e. The molecule has 2 aromatic heterocycles. The van der Waals surface area contributed by atoms with Crippen molar-refractivity contribution in [1.29, 1.82) is 0 Å². The zero-order chi connectivity index (χ0) is 16.2. The monoisotopic (exact) mass is 310 g/mol. The van der Waals surface area contributed by atoms with Crippen molar-refractivity contribution in [2.24, 2.45) is 0 Å². The summed E-state index contributed by atoms with van der Waals surface area (Å²) in [5, 5.41) is 17.7. The highest BCUT2D eigenvalue weighted by Crippen LogP contribution is 2.21. The van der Waals surface area contributed by atoms with E-state index in [1.807, 2.05) is 48.0 Å². The molecule has 0 saturated heterocycles. The minimum absolute atomic E-state index is 0.0904. The summed E-state index contributed by atoms with van der Waals surface area (Å²) in [4.78, 5) is 4.09. The van der Waals surface area contributed by atoms with E-state index in [9.17, 15) is 5.11 Å². The van der Waals surface area contributed by atoms with E-state index in [0.717, 1.165) is 28.3 Å². The van der Waals surface area contributed by atoms with E-state index in [1.165, 1.54) is 0 Å². The summed E-state index contributed by atoms with van der Waals surface area (Å²) in [6.07, 6.45) is 1.67. The van der Waals surface area contributed by atoms with Gasteiger partial charge < -0.3 is 9.84 Å².